The summed E-state index contributed by atoms with van der Waals surface area (Å²) < 4.78 is 39.9. The van der Waals surface area contributed by atoms with Crippen molar-refractivity contribution in [2.45, 2.75) is 37.5 Å². The molecule has 0 aliphatic heterocycles. The Labute approximate surface area is 113 Å². The largest absolute Gasteiger partial charge is 0.396 e. The number of nitrogens with two attached hydrogens (primary N) is 1. The van der Waals surface area contributed by atoms with Gasteiger partial charge in [0.25, 0.3) is 0 Å². The molecule has 0 unspecified atom stereocenters. The summed E-state index contributed by atoms with van der Waals surface area (Å²) in [6.45, 7) is 1.91. The van der Waals surface area contributed by atoms with Crippen LogP contribution < -0.4 is 10.5 Å². The lowest BCUT2D eigenvalue weighted by molar-refractivity contribution is 0.571. The van der Waals surface area contributed by atoms with E-state index in [1.807, 2.05) is 0 Å². The van der Waals surface area contributed by atoms with Gasteiger partial charge in [0.1, 0.15) is 5.82 Å². The number of nitrogen functional groups attached to an aromatic ring is 1. The Hall–Kier alpha value is -1.14. The third kappa shape index (κ3) is 3.67. The summed E-state index contributed by atoms with van der Waals surface area (Å²) in [5.41, 5.74) is 5.55. The fourth-order valence-corrected chi connectivity index (χ4v) is 3.20. The molecule has 0 radical (unpaired) electrons. The van der Waals surface area contributed by atoms with Gasteiger partial charge in [0, 0.05) is 6.54 Å². The van der Waals surface area contributed by atoms with Crippen LogP contribution in [-0.2, 0) is 10.0 Å². The van der Waals surface area contributed by atoms with Gasteiger partial charge >= 0.3 is 0 Å². The predicted octanol–water partition coefficient (Wildman–Crippen LogP) is 2.18. The highest BCUT2D eigenvalue weighted by Crippen LogP contribution is 2.33. The molecular weight excluding hydrogens is 267 g/mol. The monoisotopic (exact) mass is 286 g/mol. The minimum Gasteiger partial charge on any atom is -0.396 e. The van der Waals surface area contributed by atoms with Gasteiger partial charge in [0.15, 0.2) is 0 Å². The molecule has 6 heteroatoms. The number of hydrogen-bond donors (Lipinski definition) is 2. The van der Waals surface area contributed by atoms with Crippen molar-refractivity contribution in [3.63, 3.8) is 0 Å². The third-order valence-electron chi connectivity index (χ3n) is 3.34. The molecule has 1 aromatic rings. The zero-order chi connectivity index (χ0) is 14.0. The van der Waals surface area contributed by atoms with Crippen molar-refractivity contribution in [3.05, 3.63) is 23.5 Å². The summed E-state index contributed by atoms with van der Waals surface area (Å²) in [6.07, 6.45) is 4.42. The number of rotatable bonds is 6. The van der Waals surface area contributed by atoms with E-state index in [9.17, 15) is 12.8 Å². The second-order valence-electron chi connectivity index (χ2n) is 5.13. The maximum Gasteiger partial charge on any atom is 0.240 e. The SMILES string of the molecule is Cc1cc(S(=O)(=O)NCCCC2CC2)cc(N)c1F. The second kappa shape index (κ2) is 5.46. The molecule has 106 valence electrons. The molecule has 0 heterocycles. The van der Waals surface area contributed by atoms with E-state index < -0.39 is 15.8 Å². The molecule has 1 aliphatic carbocycles. The predicted molar refractivity (Wildman–Crippen MR) is 72.7 cm³/mol. The van der Waals surface area contributed by atoms with Gasteiger partial charge in [-0.1, -0.05) is 12.8 Å². The number of hydrogen-bond acceptors (Lipinski definition) is 3. The first-order valence-corrected chi connectivity index (χ1v) is 7.94. The third-order valence-corrected chi connectivity index (χ3v) is 4.79. The van der Waals surface area contributed by atoms with Crippen LogP contribution in [0.15, 0.2) is 17.0 Å². The first kappa shape index (κ1) is 14.3. The molecule has 0 spiro atoms. The van der Waals surface area contributed by atoms with Crippen molar-refractivity contribution in [1.29, 1.82) is 0 Å². The van der Waals surface area contributed by atoms with Crippen molar-refractivity contribution in [2.24, 2.45) is 5.92 Å². The highest BCUT2D eigenvalue weighted by molar-refractivity contribution is 7.89. The maximum atomic E-state index is 13.4. The lowest BCUT2D eigenvalue weighted by Crippen LogP contribution is -2.25. The summed E-state index contributed by atoms with van der Waals surface area (Å²) in [4.78, 5) is 0.0234. The van der Waals surface area contributed by atoms with Crippen LogP contribution in [-0.4, -0.2) is 15.0 Å². The highest BCUT2D eigenvalue weighted by Gasteiger charge is 2.21. The minimum absolute atomic E-state index is 0.0234. The lowest BCUT2D eigenvalue weighted by atomic mass is 10.2. The zero-order valence-corrected chi connectivity index (χ0v) is 11.8. The van der Waals surface area contributed by atoms with Gasteiger partial charge in [-0.15, -0.1) is 0 Å². The van der Waals surface area contributed by atoms with E-state index in [2.05, 4.69) is 4.72 Å². The standard InChI is InChI=1S/C13H19FN2O2S/c1-9-7-11(8-12(15)13(9)14)19(17,18)16-6-2-3-10-4-5-10/h7-8,10,16H,2-6,15H2,1H3. The Morgan fingerprint density at radius 2 is 2.11 bits per heavy atom. The molecule has 1 fully saturated rings. The van der Waals surface area contributed by atoms with E-state index in [0.717, 1.165) is 24.8 Å². The molecule has 3 N–H and O–H groups in total. The number of sulfonamides is 1. The van der Waals surface area contributed by atoms with E-state index in [-0.39, 0.29) is 16.1 Å². The van der Waals surface area contributed by atoms with E-state index in [0.29, 0.717) is 6.54 Å². The van der Waals surface area contributed by atoms with E-state index in [1.165, 1.54) is 25.8 Å². The molecule has 19 heavy (non-hydrogen) atoms. The number of benzene rings is 1. The molecule has 2 rings (SSSR count). The average Bonchev–Trinajstić information content (AvgIpc) is 3.15. The van der Waals surface area contributed by atoms with Crippen molar-refractivity contribution in [3.8, 4) is 0 Å². The van der Waals surface area contributed by atoms with Crippen LogP contribution in [0.25, 0.3) is 0 Å². The molecule has 1 aliphatic rings. The molecule has 0 amide bonds. The molecule has 4 nitrogen and oxygen atoms in total. The van der Waals surface area contributed by atoms with Crippen molar-refractivity contribution < 1.29 is 12.8 Å². The Kier molecular flexibility index (Phi) is 4.10. The van der Waals surface area contributed by atoms with Crippen LogP contribution in [0.5, 0.6) is 0 Å². The van der Waals surface area contributed by atoms with Crippen LogP contribution >= 0.6 is 0 Å². The molecule has 1 aromatic carbocycles. The molecule has 0 aromatic heterocycles. The quantitative estimate of drug-likeness (QED) is 0.622. The van der Waals surface area contributed by atoms with Gasteiger partial charge < -0.3 is 5.73 Å². The molecular formula is C13H19FN2O2S. The van der Waals surface area contributed by atoms with Gasteiger partial charge in [-0.2, -0.15) is 0 Å². The summed E-state index contributed by atoms with van der Waals surface area (Å²) >= 11 is 0. The Morgan fingerprint density at radius 3 is 2.68 bits per heavy atom. The summed E-state index contributed by atoms with van der Waals surface area (Å²) in [7, 11) is -3.60. The summed E-state index contributed by atoms with van der Waals surface area (Å²) in [5, 5.41) is 0. The summed E-state index contributed by atoms with van der Waals surface area (Å²) in [6, 6.07) is 2.46. The molecule has 0 saturated heterocycles. The van der Waals surface area contributed by atoms with Gasteiger partial charge in [-0.25, -0.2) is 17.5 Å². The Morgan fingerprint density at radius 1 is 1.42 bits per heavy atom. The van der Waals surface area contributed by atoms with Crippen molar-refractivity contribution in [2.75, 3.05) is 12.3 Å². The number of halogens is 1. The van der Waals surface area contributed by atoms with Crippen molar-refractivity contribution >= 4 is 15.7 Å². The zero-order valence-electron chi connectivity index (χ0n) is 10.9. The molecule has 1 saturated carbocycles. The smallest absolute Gasteiger partial charge is 0.240 e. The van der Waals surface area contributed by atoms with Gasteiger partial charge in [-0.3, -0.25) is 0 Å². The maximum absolute atomic E-state index is 13.4. The fourth-order valence-electron chi connectivity index (χ4n) is 2.00. The highest BCUT2D eigenvalue weighted by atomic mass is 32.2. The number of nitrogens with one attached hydrogen (secondary N) is 1. The van der Waals surface area contributed by atoms with Crippen LogP contribution in [0.1, 0.15) is 31.2 Å². The summed E-state index contributed by atoms with van der Waals surface area (Å²) in [5.74, 6) is 0.223. The van der Waals surface area contributed by atoms with E-state index in [4.69, 9.17) is 5.73 Å². The normalized spacial score (nSPS) is 15.7. The number of aryl methyl sites for hydroxylation is 1. The first-order chi connectivity index (χ1) is 8.90. The van der Waals surface area contributed by atoms with E-state index in [1.54, 1.807) is 0 Å². The van der Waals surface area contributed by atoms with Crippen molar-refractivity contribution in [1.82, 2.24) is 4.72 Å². The lowest BCUT2D eigenvalue weighted by Gasteiger charge is -2.09. The van der Waals surface area contributed by atoms with Crippen LogP contribution in [0.3, 0.4) is 0 Å². The van der Waals surface area contributed by atoms with E-state index >= 15 is 0 Å². The first-order valence-electron chi connectivity index (χ1n) is 6.45. The Bertz CT molecular complexity index is 545. The second-order valence-corrected chi connectivity index (χ2v) is 6.89. The van der Waals surface area contributed by atoms with Gasteiger partial charge in [0.2, 0.25) is 10.0 Å². The number of anilines is 1. The van der Waals surface area contributed by atoms with Crippen LogP contribution in [0.4, 0.5) is 10.1 Å². The fraction of sp³-hybridized carbons (Fsp3) is 0.538. The molecule has 0 atom stereocenters. The van der Waals surface area contributed by atoms with Crippen LogP contribution in [0.2, 0.25) is 0 Å². The van der Waals surface area contributed by atoms with Crippen LogP contribution in [0, 0.1) is 18.7 Å². The average molecular weight is 286 g/mol. The topological polar surface area (TPSA) is 72.2 Å². The Balaban J connectivity index is 2.01. The molecule has 0 bridgehead atoms. The van der Waals surface area contributed by atoms with Gasteiger partial charge in [-0.05, 0) is 43.4 Å². The van der Waals surface area contributed by atoms with Gasteiger partial charge in [0.05, 0.1) is 10.6 Å². The minimum atomic E-state index is -3.60.